The van der Waals surface area contributed by atoms with Gasteiger partial charge in [-0.05, 0) is 75.1 Å². The van der Waals surface area contributed by atoms with E-state index in [1.54, 1.807) is 5.56 Å². The molecule has 0 bridgehead atoms. The van der Waals surface area contributed by atoms with Crippen molar-refractivity contribution in [1.82, 2.24) is 4.90 Å². The summed E-state index contributed by atoms with van der Waals surface area (Å²) < 4.78 is 0. The quantitative estimate of drug-likeness (QED) is 0.716. The molecule has 1 heteroatoms. The Morgan fingerprint density at radius 2 is 1.85 bits per heavy atom. The van der Waals surface area contributed by atoms with Gasteiger partial charge in [0.1, 0.15) is 0 Å². The molecule has 1 aromatic rings. The number of likely N-dealkylation sites (tertiary alicyclic amines) is 1. The lowest BCUT2D eigenvalue weighted by molar-refractivity contribution is 0.217. The fraction of sp³-hybridized carbons (Fsp3) is 0.684. The summed E-state index contributed by atoms with van der Waals surface area (Å²) in [7, 11) is 0. The summed E-state index contributed by atoms with van der Waals surface area (Å²) in [6.45, 7) is 6.43. The molecule has 1 aliphatic carbocycles. The second-order valence-corrected chi connectivity index (χ2v) is 6.89. The van der Waals surface area contributed by atoms with Crippen LogP contribution in [0.15, 0.2) is 30.3 Å². The van der Waals surface area contributed by atoms with E-state index in [0.717, 1.165) is 5.92 Å². The Labute approximate surface area is 124 Å². The van der Waals surface area contributed by atoms with E-state index >= 15 is 0 Å². The van der Waals surface area contributed by atoms with Gasteiger partial charge in [-0.3, -0.25) is 0 Å². The summed E-state index contributed by atoms with van der Waals surface area (Å²) in [6.07, 6.45) is 9.90. The number of piperidine rings is 1. The first-order chi connectivity index (χ1) is 9.84. The SMILES string of the molecule is CC[C@@]1(CCCN2CCCCC2)C[C@H]1c1ccccc1. The standard InChI is InChI=1S/C19H29N/c1-2-19(12-9-15-20-13-7-4-8-14-20)16-18(19)17-10-5-3-6-11-17/h3,5-6,10-11,18H,2,4,7-9,12-16H2,1H3/t18-,19+/m0/s1. The Kier molecular flexibility index (Phi) is 4.45. The van der Waals surface area contributed by atoms with Crippen molar-refractivity contribution >= 4 is 0 Å². The van der Waals surface area contributed by atoms with Crippen LogP contribution < -0.4 is 0 Å². The van der Waals surface area contributed by atoms with Gasteiger partial charge in [0.25, 0.3) is 0 Å². The number of benzene rings is 1. The third-order valence-electron chi connectivity index (χ3n) is 5.69. The van der Waals surface area contributed by atoms with Crippen molar-refractivity contribution in [2.75, 3.05) is 19.6 Å². The largest absolute Gasteiger partial charge is 0.303 e. The highest BCUT2D eigenvalue weighted by Crippen LogP contribution is 2.64. The molecule has 1 saturated carbocycles. The monoisotopic (exact) mass is 271 g/mol. The average molecular weight is 271 g/mol. The zero-order chi connectivity index (χ0) is 13.8. The molecule has 0 spiro atoms. The van der Waals surface area contributed by atoms with Gasteiger partial charge in [-0.2, -0.15) is 0 Å². The molecule has 2 fully saturated rings. The number of hydrogen-bond donors (Lipinski definition) is 0. The fourth-order valence-corrected chi connectivity index (χ4v) is 4.19. The summed E-state index contributed by atoms with van der Waals surface area (Å²) in [4.78, 5) is 2.69. The van der Waals surface area contributed by atoms with Gasteiger partial charge >= 0.3 is 0 Å². The third-order valence-corrected chi connectivity index (χ3v) is 5.69. The second kappa shape index (κ2) is 6.30. The predicted octanol–water partition coefficient (Wildman–Crippen LogP) is 4.84. The lowest BCUT2D eigenvalue weighted by Crippen LogP contribution is -2.30. The van der Waals surface area contributed by atoms with Gasteiger partial charge in [0.2, 0.25) is 0 Å². The minimum absolute atomic E-state index is 0.636. The van der Waals surface area contributed by atoms with Gasteiger partial charge in [-0.1, -0.05) is 43.7 Å². The summed E-state index contributed by atoms with van der Waals surface area (Å²) in [5.74, 6) is 0.843. The molecule has 1 aromatic carbocycles. The van der Waals surface area contributed by atoms with Gasteiger partial charge in [0.05, 0.1) is 0 Å². The molecule has 0 aromatic heterocycles. The second-order valence-electron chi connectivity index (χ2n) is 6.89. The van der Waals surface area contributed by atoms with Crippen LogP contribution in [0.1, 0.15) is 63.4 Å². The van der Waals surface area contributed by atoms with Crippen molar-refractivity contribution in [3.05, 3.63) is 35.9 Å². The first-order valence-corrected chi connectivity index (χ1v) is 8.61. The van der Waals surface area contributed by atoms with Crippen molar-refractivity contribution in [3.63, 3.8) is 0 Å². The molecule has 1 nitrogen and oxygen atoms in total. The first kappa shape index (κ1) is 14.1. The van der Waals surface area contributed by atoms with Crippen LogP contribution in [0.4, 0.5) is 0 Å². The highest BCUT2D eigenvalue weighted by Gasteiger charge is 2.52. The van der Waals surface area contributed by atoms with Gasteiger partial charge in [0, 0.05) is 0 Å². The zero-order valence-corrected chi connectivity index (χ0v) is 13.0. The molecule has 110 valence electrons. The molecule has 0 unspecified atom stereocenters. The summed E-state index contributed by atoms with van der Waals surface area (Å²) in [5, 5.41) is 0. The molecule has 1 saturated heterocycles. The van der Waals surface area contributed by atoms with Gasteiger partial charge < -0.3 is 4.90 Å². The zero-order valence-electron chi connectivity index (χ0n) is 13.0. The van der Waals surface area contributed by atoms with Gasteiger partial charge in [-0.25, -0.2) is 0 Å². The van der Waals surface area contributed by atoms with Crippen LogP contribution in [-0.4, -0.2) is 24.5 Å². The Hall–Kier alpha value is -0.820. The first-order valence-electron chi connectivity index (χ1n) is 8.61. The van der Waals surface area contributed by atoms with Crippen molar-refractivity contribution in [2.45, 2.75) is 57.8 Å². The molecular weight excluding hydrogens is 242 g/mol. The van der Waals surface area contributed by atoms with E-state index in [1.807, 2.05) is 0 Å². The Balaban J connectivity index is 1.48. The number of hydrogen-bond acceptors (Lipinski definition) is 1. The molecular formula is C19H29N. The van der Waals surface area contributed by atoms with Crippen molar-refractivity contribution in [3.8, 4) is 0 Å². The maximum Gasteiger partial charge on any atom is -0.00185 e. The minimum atomic E-state index is 0.636. The van der Waals surface area contributed by atoms with Crippen molar-refractivity contribution in [2.24, 2.45) is 5.41 Å². The molecule has 1 aliphatic heterocycles. The Morgan fingerprint density at radius 3 is 2.55 bits per heavy atom. The topological polar surface area (TPSA) is 3.24 Å². The van der Waals surface area contributed by atoms with Crippen LogP contribution in [0.5, 0.6) is 0 Å². The molecule has 2 atom stereocenters. The van der Waals surface area contributed by atoms with Crippen LogP contribution in [0.25, 0.3) is 0 Å². The number of nitrogens with zero attached hydrogens (tertiary/aromatic N) is 1. The van der Waals surface area contributed by atoms with Crippen LogP contribution in [0.3, 0.4) is 0 Å². The molecule has 1 heterocycles. The molecule has 20 heavy (non-hydrogen) atoms. The highest BCUT2D eigenvalue weighted by atomic mass is 15.1. The smallest absolute Gasteiger partial charge is 0.00185 e. The van der Waals surface area contributed by atoms with Crippen molar-refractivity contribution < 1.29 is 0 Å². The van der Waals surface area contributed by atoms with E-state index < -0.39 is 0 Å². The Bertz CT molecular complexity index is 407. The van der Waals surface area contributed by atoms with Crippen molar-refractivity contribution in [1.29, 1.82) is 0 Å². The number of rotatable bonds is 6. The summed E-state index contributed by atoms with van der Waals surface area (Å²) in [5.41, 5.74) is 2.21. The predicted molar refractivity (Wildman–Crippen MR) is 86.0 cm³/mol. The highest BCUT2D eigenvalue weighted by molar-refractivity contribution is 5.29. The molecule has 0 N–H and O–H groups in total. The Morgan fingerprint density at radius 1 is 1.10 bits per heavy atom. The average Bonchev–Trinajstić information content (AvgIpc) is 3.24. The van der Waals surface area contributed by atoms with E-state index in [2.05, 4.69) is 42.2 Å². The molecule has 2 aliphatic rings. The van der Waals surface area contributed by atoms with E-state index in [-0.39, 0.29) is 0 Å². The third kappa shape index (κ3) is 3.09. The lowest BCUT2D eigenvalue weighted by Gasteiger charge is -2.27. The minimum Gasteiger partial charge on any atom is -0.303 e. The van der Waals surface area contributed by atoms with Crippen LogP contribution in [0, 0.1) is 5.41 Å². The van der Waals surface area contributed by atoms with Gasteiger partial charge in [0.15, 0.2) is 0 Å². The fourth-order valence-electron chi connectivity index (χ4n) is 4.19. The van der Waals surface area contributed by atoms with E-state index in [0.29, 0.717) is 5.41 Å². The van der Waals surface area contributed by atoms with E-state index in [4.69, 9.17) is 0 Å². The van der Waals surface area contributed by atoms with E-state index in [9.17, 15) is 0 Å². The van der Waals surface area contributed by atoms with Crippen LogP contribution in [-0.2, 0) is 0 Å². The van der Waals surface area contributed by atoms with Crippen LogP contribution in [0.2, 0.25) is 0 Å². The summed E-state index contributed by atoms with van der Waals surface area (Å²) in [6, 6.07) is 11.2. The molecule has 3 rings (SSSR count). The lowest BCUT2D eigenvalue weighted by atomic mass is 9.91. The maximum atomic E-state index is 2.69. The van der Waals surface area contributed by atoms with Crippen LogP contribution >= 0.6 is 0 Å². The summed E-state index contributed by atoms with van der Waals surface area (Å²) >= 11 is 0. The molecule has 0 radical (unpaired) electrons. The maximum absolute atomic E-state index is 2.69. The van der Waals surface area contributed by atoms with Gasteiger partial charge in [-0.15, -0.1) is 0 Å². The normalized spacial score (nSPS) is 30.4. The van der Waals surface area contributed by atoms with E-state index in [1.165, 1.54) is 64.6 Å². The molecule has 0 amide bonds.